The molecule has 0 radical (unpaired) electrons. The van der Waals surface area contributed by atoms with Crippen LogP contribution in [0.25, 0.3) is 11.3 Å². The van der Waals surface area contributed by atoms with Crippen LogP contribution in [0.3, 0.4) is 0 Å². The third kappa shape index (κ3) is 2.44. The number of hydrogen-bond acceptors (Lipinski definition) is 4. The maximum atomic E-state index is 10.7. The molecule has 17 heavy (non-hydrogen) atoms. The van der Waals surface area contributed by atoms with Crippen LogP contribution in [-0.4, -0.2) is 23.3 Å². The molecule has 0 saturated heterocycles. The van der Waals surface area contributed by atoms with Gasteiger partial charge in [-0.15, -0.1) is 0 Å². The van der Waals surface area contributed by atoms with Crippen LogP contribution in [-0.2, 0) is 11.2 Å². The molecule has 0 amide bonds. The first-order valence-electron chi connectivity index (χ1n) is 5.00. The van der Waals surface area contributed by atoms with Crippen molar-refractivity contribution in [1.29, 1.82) is 0 Å². The molecule has 0 aliphatic rings. The second kappa shape index (κ2) is 4.69. The van der Waals surface area contributed by atoms with Gasteiger partial charge in [0.05, 0.1) is 19.7 Å². The Morgan fingerprint density at radius 1 is 1.53 bits per heavy atom. The van der Waals surface area contributed by atoms with Crippen molar-refractivity contribution >= 4 is 5.97 Å². The highest BCUT2D eigenvalue weighted by molar-refractivity contribution is 5.74. The summed E-state index contributed by atoms with van der Waals surface area (Å²) in [5.41, 5.74) is 1.30. The van der Waals surface area contributed by atoms with E-state index in [1.165, 1.54) is 6.20 Å². The van der Waals surface area contributed by atoms with E-state index in [9.17, 15) is 4.79 Å². The van der Waals surface area contributed by atoms with Crippen LogP contribution in [0.1, 0.15) is 5.56 Å². The second-order valence-electron chi connectivity index (χ2n) is 3.48. The van der Waals surface area contributed by atoms with Gasteiger partial charge < -0.3 is 14.4 Å². The molecule has 0 saturated carbocycles. The highest BCUT2D eigenvalue weighted by atomic mass is 16.5. The average Bonchev–Trinajstić information content (AvgIpc) is 2.76. The number of hydrogen-bond donors (Lipinski definition) is 1. The van der Waals surface area contributed by atoms with E-state index in [0.717, 1.165) is 5.56 Å². The van der Waals surface area contributed by atoms with Crippen molar-refractivity contribution in [2.75, 3.05) is 7.11 Å². The maximum Gasteiger partial charge on any atom is 0.308 e. The Kier molecular flexibility index (Phi) is 3.09. The molecule has 0 fully saturated rings. The third-order valence-electron chi connectivity index (χ3n) is 2.32. The van der Waals surface area contributed by atoms with Gasteiger partial charge in [0.1, 0.15) is 5.75 Å². The largest absolute Gasteiger partial charge is 0.497 e. The van der Waals surface area contributed by atoms with Crippen molar-refractivity contribution in [1.82, 2.24) is 5.16 Å². The van der Waals surface area contributed by atoms with Gasteiger partial charge in [0.2, 0.25) is 0 Å². The molecule has 88 valence electrons. The first kappa shape index (κ1) is 11.2. The van der Waals surface area contributed by atoms with Crippen LogP contribution in [0.2, 0.25) is 0 Å². The zero-order chi connectivity index (χ0) is 12.3. The monoisotopic (exact) mass is 233 g/mol. The van der Waals surface area contributed by atoms with Crippen LogP contribution in [0.5, 0.6) is 5.75 Å². The molecule has 0 aliphatic heterocycles. The number of aromatic nitrogens is 1. The number of aliphatic carboxylic acids is 1. The number of carboxylic acids is 1. The van der Waals surface area contributed by atoms with Crippen LogP contribution in [0.4, 0.5) is 0 Å². The van der Waals surface area contributed by atoms with Gasteiger partial charge in [-0.3, -0.25) is 4.79 Å². The highest BCUT2D eigenvalue weighted by Gasteiger charge is 2.13. The van der Waals surface area contributed by atoms with E-state index < -0.39 is 5.97 Å². The molecular formula is C12H11NO4. The highest BCUT2D eigenvalue weighted by Crippen LogP contribution is 2.27. The first-order valence-corrected chi connectivity index (χ1v) is 5.00. The fourth-order valence-corrected chi connectivity index (χ4v) is 1.55. The van der Waals surface area contributed by atoms with E-state index in [2.05, 4.69) is 5.16 Å². The van der Waals surface area contributed by atoms with Crippen LogP contribution < -0.4 is 4.74 Å². The predicted octanol–water partition coefficient (Wildman–Crippen LogP) is 1.98. The lowest BCUT2D eigenvalue weighted by molar-refractivity contribution is -0.136. The smallest absolute Gasteiger partial charge is 0.308 e. The van der Waals surface area contributed by atoms with Crippen molar-refractivity contribution in [3.63, 3.8) is 0 Å². The Morgan fingerprint density at radius 2 is 2.35 bits per heavy atom. The van der Waals surface area contributed by atoms with E-state index in [0.29, 0.717) is 17.1 Å². The van der Waals surface area contributed by atoms with Gasteiger partial charge in [0, 0.05) is 11.1 Å². The van der Waals surface area contributed by atoms with Crippen molar-refractivity contribution in [2.45, 2.75) is 6.42 Å². The molecular weight excluding hydrogens is 222 g/mol. The zero-order valence-electron chi connectivity index (χ0n) is 9.21. The standard InChI is InChI=1S/C12H11NO4/c1-16-10-4-2-3-8(5-10)12-9(6-11(14)15)7-13-17-12/h2-5,7H,6H2,1H3,(H,14,15). The van der Waals surface area contributed by atoms with Crippen LogP contribution in [0.15, 0.2) is 35.0 Å². The van der Waals surface area contributed by atoms with Gasteiger partial charge >= 0.3 is 5.97 Å². The summed E-state index contributed by atoms with van der Waals surface area (Å²) < 4.78 is 10.2. The van der Waals surface area contributed by atoms with Gasteiger partial charge in [-0.2, -0.15) is 0 Å². The Hall–Kier alpha value is -2.30. The molecule has 0 spiro atoms. The molecule has 5 nitrogen and oxygen atoms in total. The number of carbonyl (C=O) groups is 1. The molecule has 1 heterocycles. The second-order valence-corrected chi connectivity index (χ2v) is 3.48. The maximum absolute atomic E-state index is 10.7. The molecule has 1 aromatic carbocycles. The van der Waals surface area contributed by atoms with E-state index in [-0.39, 0.29) is 6.42 Å². The minimum Gasteiger partial charge on any atom is -0.497 e. The van der Waals surface area contributed by atoms with E-state index in [1.54, 1.807) is 25.3 Å². The van der Waals surface area contributed by atoms with Crippen molar-refractivity contribution < 1.29 is 19.2 Å². The predicted molar refractivity (Wildman–Crippen MR) is 59.8 cm³/mol. The summed E-state index contributed by atoms with van der Waals surface area (Å²) in [4.78, 5) is 10.7. The number of ether oxygens (including phenoxy) is 1. The number of rotatable bonds is 4. The molecule has 0 unspecified atom stereocenters. The summed E-state index contributed by atoms with van der Waals surface area (Å²) in [5, 5.41) is 12.4. The van der Waals surface area contributed by atoms with Gasteiger partial charge in [-0.1, -0.05) is 17.3 Å². The van der Waals surface area contributed by atoms with E-state index in [1.807, 2.05) is 6.07 Å². The number of carboxylic acid groups (broad SMARTS) is 1. The van der Waals surface area contributed by atoms with Gasteiger partial charge in [0.15, 0.2) is 5.76 Å². The van der Waals surface area contributed by atoms with Gasteiger partial charge in [-0.25, -0.2) is 0 Å². The minimum absolute atomic E-state index is 0.115. The lowest BCUT2D eigenvalue weighted by Crippen LogP contribution is -1.99. The number of nitrogens with zero attached hydrogens (tertiary/aromatic N) is 1. The molecule has 0 aliphatic carbocycles. The third-order valence-corrected chi connectivity index (χ3v) is 2.32. The molecule has 2 rings (SSSR count). The van der Waals surface area contributed by atoms with E-state index >= 15 is 0 Å². The Labute approximate surface area is 97.6 Å². The molecule has 0 atom stereocenters. The molecule has 0 bridgehead atoms. The lowest BCUT2D eigenvalue weighted by Gasteiger charge is -2.02. The fraction of sp³-hybridized carbons (Fsp3) is 0.167. The molecule has 5 heteroatoms. The Balaban J connectivity index is 2.38. The van der Waals surface area contributed by atoms with Crippen molar-refractivity contribution in [2.24, 2.45) is 0 Å². The topological polar surface area (TPSA) is 72.6 Å². The summed E-state index contributed by atoms with van der Waals surface area (Å²) in [7, 11) is 1.57. The number of methoxy groups -OCH3 is 1. The molecule has 1 aromatic heterocycles. The summed E-state index contributed by atoms with van der Waals surface area (Å²) in [5.74, 6) is 0.226. The molecule has 2 aromatic rings. The SMILES string of the molecule is COc1cccc(-c2oncc2CC(=O)O)c1. The van der Waals surface area contributed by atoms with Crippen LogP contribution in [0, 0.1) is 0 Å². The van der Waals surface area contributed by atoms with Gasteiger partial charge in [-0.05, 0) is 12.1 Å². The van der Waals surface area contributed by atoms with E-state index in [4.69, 9.17) is 14.4 Å². The summed E-state index contributed by atoms with van der Waals surface area (Å²) >= 11 is 0. The average molecular weight is 233 g/mol. The number of benzene rings is 1. The lowest BCUT2D eigenvalue weighted by atomic mass is 10.1. The van der Waals surface area contributed by atoms with Crippen molar-refractivity contribution in [3.8, 4) is 17.1 Å². The normalized spacial score (nSPS) is 10.2. The van der Waals surface area contributed by atoms with Gasteiger partial charge in [0.25, 0.3) is 0 Å². The summed E-state index contributed by atoms with van der Waals surface area (Å²) in [6, 6.07) is 7.19. The zero-order valence-corrected chi connectivity index (χ0v) is 9.21. The fourth-order valence-electron chi connectivity index (χ4n) is 1.55. The summed E-state index contributed by atoms with van der Waals surface area (Å²) in [6.45, 7) is 0. The Bertz CT molecular complexity index is 533. The van der Waals surface area contributed by atoms with Crippen molar-refractivity contribution in [3.05, 3.63) is 36.0 Å². The quantitative estimate of drug-likeness (QED) is 0.874. The minimum atomic E-state index is -0.919. The molecule has 1 N–H and O–H groups in total. The summed E-state index contributed by atoms with van der Waals surface area (Å²) in [6.07, 6.45) is 1.30. The first-order chi connectivity index (χ1) is 8.20. The Morgan fingerprint density at radius 3 is 3.06 bits per heavy atom. The van der Waals surface area contributed by atoms with Crippen LogP contribution >= 0.6 is 0 Å².